The molecule has 142 valence electrons. The Kier molecular flexibility index (Phi) is 3.89. The van der Waals surface area contributed by atoms with Crippen LogP contribution in [0.2, 0.25) is 0 Å². The monoisotopic (exact) mass is 371 g/mol. The number of likely N-dealkylation sites (N-methyl/N-ethyl adjacent to an activating group) is 1. The van der Waals surface area contributed by atoms with Crippen molar-refractivity contribution in [3.63, 3.8) is 0 Å². The van der Waals surface area contributed by atoms with Crippen LogP contribution in [0, 0.1) is 0 Å². The summed E-state index contributed by atoms with van der Waals surface area (Å²) in [6, 6.07) is 7.29. The fourth-order valence-corrected chi connectivity index (χ4v) is 4.23. The second-order valence-corrected chi connectivity index (χ2v) is 7.05. The number of nitrogens with zero attached hydrogens (tertiary/aromatic N) is 1. The van der Waals surface area contributed by atoms with Gasteiger partial charge in [-0.1, -0.05) is 6.07 Å². The highest BCUT2D eigenvalue weighted by molar-refractivity contribution is 5.54. The largest absolute Gasteiger partial charge is 0.454 e. The van der Waals surface area contributed by atoms with Gasteiger partial charge in [0.25, 0.3) is 0 Å². The van der Waals surface area contributed by atoms with E-state index >= 15 is 0 Å². The Balaban J connectivity index is 1.59. The number of ether oxygens (including phenoxy) is 4. The minimum atomic E-state index is -0.842. The molecule has 0 aliphatic carbocycles. The molecule has 0 saturated carbocycles. The number of hydrogen-bond acceptors (Lipinski definition) is 7. The third kappa shape index (κ3) is 2.54. The summed E-state index contributed by atoms with van der Waals surface area (Å²) in [5.74, 6) is 2.56. The number of fused-ring (bicyclic) bond motifs is 3. The smallest absolute Gasteiger partial charge is 0.231 e. The summed E-state index contributed by atoms with van der Waals surface area (Å²) in [5, 5.41) is 21.3. The molecule has 3 aliphatic heterocycles. The van der Waals surface area contributed by atoms with Crippen molar-refractivity contribution < 1.29 is 29.2 Å². The predicted octanol–water partition coefficient (Wildman–Crippen LogP) is 1.90. The maximum atomic E-state index is 11.3. The first-order valence-electron chi connectivity index (χ1n) is 9.00. The molecule has 2 aromatic rings. The molecule has 0 spiro atoms. The maximum Gasteiger partial charge on any atom is 0.231 e. The van der Waals surface area contributed by atoms with Gasteiger partial charge in [-0.25, -0.2) is 0 Å². The lowest BCUT2D eigenvalue weighted by molar-refractivity contribution is 0.0542. The minimum absolute atomic E-state index is 0.123. The summed E-state index contributed by atoms with van der Waals surface area (Å²) in [4.78, 5) is 2.13. The normalized spacial score (nSPS) is 21.2. The maximum absolute atomic E-state index is 11.3. The Bertz CT molecular complexity index is 899. The van der Waals surface area contributed by atoms with Gasteiger partial charge in [0.05, 0.1) is 18.8 Å². The van der Waals surface area contributed by atoms with Crippen LogP contribution in [-0.4, -0.2) is 42.3 Å². The Morgan fingerprint density at radius 1 is 1.07 bits per heavy atom. The fraction of sp³-hybridized carbons (Fsp3) is 0.400. The molecule has 2 N–H and O–H groups in total. The van der Waals surface area contributed by atoms with Gasteiger partial charge >= 0.3 is 0 Å². The fourth-order valence-electron chi connectivity index (χ4n) is 4.23. The lowest BCUT2D eigenvalue weighted by atomic mass is 9.85. The van der Waals surface area contributed by atoms with Gasteiger partial charge in [-0.3, -0.25) is 4.90 Å². The molecular formula is C20H21NO6. The summed E-state index contributed by atoms with van der Waals surface area (Å²) in [6.45, 7) is 0.923. The zero-order chi connectivity index (χ0) is 18.5. The molecule has 0 bridgehead atoms. The standard InChI is InChI=1S/C20H21NO6/c1-21-5-4-11-6-16-17(26-9-25-16)7-13(11)18(21)19(23)12-2-3-15-20(14(12)8-22)27-10-24-15/h2-3,6-7,18-19,22-23H,4-5,8-10H2,1H3. The molecule has 7 heteroatoms. The number of rotatable bonds is 3. The Hall–Kier alpha value is -2.48. The van der Waals surface area contributed by atoms with Crippen molar-refractivity contribution in [1.82, 2.24) is 4.90 Å². The highest BCUT2D eigenvalue weighted by Gasteiger charge is 2.36. The second kappa shape index (κ2) is 6.30. The van der Waals surface area contributed by atoms with Gasteiger partial charge in [0.2, 0.25) is 13.6 Å². The van der Waals surface area contributed by atoms with Gasteiger partial charge in [-0.15, -0.1) is 0 Å². The topological polar surface area (TPSA) is 80.6 Å². The van der Waals surface area contributed by atoms with Gasteiger partial charge in [-0.2, -0.15) is 0 Å². The van der Waals surface area contributed by atoms with Gasteiger partial charge in [0.15, 0.2) is 23.0 Å². The number of hydrogen-bond donors (Lipinski definition) is 2. The third-order valence-corrected chi connectivity index (χ3v) is 5.62. The molecular weight excluding hydrogens is 350 g/mol. The quantitative estimate of drug-likeness (QED) is 0.853. The predicted molar refractivity (Wildman–Crippen MR) is 95.1 cm³/mol. The van der Waals surface area contributed by atoms with E-state index in [0.717, 1.165) is 29.8 Å². The van der Waals surface area contributed by atoms with Gasteiger partial charge < -0.3 is 29.2 Å². The summed E-state index contributed by atoms with van der Waals surface area (Å²) < 4.78 is 21.9. The van der Waals surface area contributed by atoms with Crippen LogP contribution in [0.4, 0.5) is 0 Å². The molecule has 2 unspecified atom stereocenters. The van der Waals surface area contributed by atoms with Crippen LogP contribution in [0.1, 0.15) is 34.4 Å². The molecule has 3 aliphatic rings. The SMILES string of the molecule is CN1CCc2cc3c(cc2C1C(O)c1ccc2c(c1CO)OCO2)OCO3. The molecule has 2 aromatic carbocycles. The van der Waals surface area contributed by atoms with Crippen LogP contribution in [-0.2, 0) is 13.0 Å². The van der Waals surface area contributed by atoms with Crippen LogP contribution in [0.3, 0.4) is 0 Å². The van der Waals surface area contributed by atoms with Crippen LogP contribution in [0.25, 0.3) is 0 Å². The summed E-state index contributed by atoms with van der Waals surface area (Å²) in [7, 11) is 1.99. The Morgan fingerprint density at radius 2 is 1.81 bits per heavy atom. The van der Waals surface area contributed by atoms with Crippen LogP contribution >= 0.6 is 0 Å². The molecule has 27 heavy (non-hydrogen) atoms. The van der Waals surface area contributed by atoms with E-state index in [1.165, 1.54) is 0 Å². The molecule has 2 atom stereocenters. The van der Waals surface area contributed by atoms with Crippen molar-refractivity contribution in [2.24, 2.45) is 0 Å². The molecule has 3 heterocycles. The van der Waals surface area contributed by atoms with E-state index in [4.69, 9.17) is 18.9 Å². The summed E-state index contributed by atoms with van der Waals surface area (Å²) in [6.07, 6.45) is 0.0331. The average Bonchev–Trinajstić information content (AvgIpc) is 3.33. The molecule has 5 rings (SSSR count). The molecule has 7 nitrogen and oxygen atoms in total. The summed E-state index contributed by atoms with van der Waals surface area (Å²) in [5.41, 5.74) is 3.37. The lowest BCUT2D eigenvalue weighted by Gasteiger charge is -2.38. The molecule has 0 radical (unpaired) electrons. The van der Waals surface area contributed by atoms with E-state index < -0.39 is 6.10 Å². The van der Waals surface area contributed by atoms with Crippen LogP contribution in [0.15, 0.2) is 24.3 Å². The first-order valence-corrected chi connectivity index (χ1v) is 9.00. The van der Waals surface area contributed by atoms with E-state index in [1.54, 1.807) is 12.1 Å². The van der Waals surface area contributed by atoms with E-state index in [0.29, 0.717) is 28.4 Å². The van der Waals surface area contributed by atoms with Crippen molar-refractivity contribution in [2.75, 3.05) is 27.2 Å². The zero-order valence-corrected chi connectivity index (χ0v) is 15.0. The van der Waals surface area contributed by atoms with Crippen molar-refractivity contribution >= 4 is 0 Å². The van der Waals surface area contributed by atoms with E-state index in [9.17, 15) is 10.2 Å². The van der Waals surface area contributed by atoms with E-state index in [-0.39, 0.29) is 26.2 Å². The first kappa shape index (κ1) is 16.7. The van der Waals surface area contributed by atoms with Crippen LogP contribution < -0.4 is 18.9 Å². The Morgan fingerprint density at radius 3 is 2.63 bits per heavy atom. The van der Waals surface area contributed by atoms with Crippen molar-refractivity contribution in [3.8, 4) is 23.0 Å². The van der Waals surface area contributed by atoms with E-state index in [1.807, 2.05) is 19.2 Å². The zero-order valence-electron chi connectivity index (χ0n) is 15.0. The van der Waals surface area contributed by atoms with Gasteiger partial charge in [-0.05, 0) is 48.4 Å². The highest BCUT2D eigenvalue weighted by atomic mass is 16.7. The Labute approximate surface area is 156 Å². The average molecular weight is 371 g/mol. The van der Waals surface area contributed by atoms with Crippen molar-refractivity contribution in [2.45, 2.75) is 25.2 Å². The number of aliphatic hydroxyl groups is 2. The van der Waals surface area contributed by atoms with E-state index in [2.05, 4.69) is 4.90 Å². The first-order chi connectivity index (χ1) is 13.2. The van der Waals surface area contributed by atoms with Crippen molar-refractivity contribution in [1.29, 1.82) is 0 Å². The molecule has 0 amide bonds. The molecule has 0 saturated heterocycles. The second-order valence-electron chi connectivity index (χ2n) is 7.05. The number of benzene rings is 2. The van der Waals surface area contributed by atoms with Gasteiger partial charge in [0.1, 0.15) is 0 Å². The summed E-state index contributed by atoms with van der Waals surface area (Å²) >= 11 is 0. The third-order valence-electron chi connectivity index (χ3n) is 5.62. The highest BCUT2D eigenvalue weighted by Crippen LogP contribution is 2.47. The minimum Gasteiger partial charge on any atom is -0.454 e. The lowest BCUT2D eigenvalue weighted by Crippen LogP contribution is -2.36. The van der Waals surface area contributed by atoms with Gasteiger partial charge in [0, 0.05) is 12.1 Å². The number of aliphatic hydroxyl groups excluding tert-OH is 2. The molecule has 0 fully saturated rings. The van der Waals surface area contributed by atoms with Crippen molar-refractivity contribution in [3.05, 3.63) is 46.5 Å². The molecule has 0 aromatic heterocycles. The van der Waals surface area contributed by atoms with Crippen LogP contribution in [0.5, 0.6) is 23.0 Å².